The van der Waals surface area contributed by atoms with E-state index in [1.165, 1.54) is 0 Å². The van der Waals surface area contributed by atoms with E-state index in [1.807, 2.05) is 12.1 Å². The maximum atomic E-state index is 8.79. The van der Waals surface area contributed by atoms with Crippen molar-refractivity contribution in [3.05, 3.63) is 69.8 Å². The van der Waals surface area contributed by atoms with Crippen LogP contribution in [0, 0.1) is 27.7 Å². The van der Waals surface area contributed by atoms with Crippen LogP contribution in [0.3, 0.4) is 0 Å². The minimum Gasteiger partial charge on any atom is -0.409 e. The van der Waals surface area contributed by atoms with Gasteiger partial charge in [-0.15, -0.1) is 0 Å². The SMILES string of the molecule is Cc1cccc(C)c1C(OCC(N)=NO)c1c(C)cccc1C. The fourth-order valence-electron chi connectivity index (χ4n) is 2.99. The van der Waals surface area contributed by atoms with Gasteiger partial charge in [-0.2, -0.15) is 0 Å². The van der Waals surface area contributed by atoms with Crippen LogP contribution in [0.15, 0.2) is 41.6 Å². The minimum absolute atomic E-state index is 0.0625. The van der Waals surface area contributed by atoms with Gasteiger partial charge in [-0.3, -0.25) is 0 Å². The molecule has 0 bridgehead atoms. The summed E-state index contributed by atoms with van der Waals surface area (Å²) >= 11 is 0. The molecule has 0 heterocycles. The highest BCUT2D eigenvalue weighted by Gasteiger charge is 2.22. The third-order valence-electron chi connectivity index (χ3n) is 4.13. The fourth-order valence-corrected chi connectivity index (χ4v) is 2.99. The van der Waals surface area contributed by atoms with Crippen molar-refractivity contribution in [3.8, 4) is 0 Å². The van der Waals surface area contributed by atoms with E-state index in [2.05, 4.69) is 57.1 Å². The molecule has 0 saturated heterocycles. The average molecular weight is 312 g/mol. The van der Waals surface area contributed by atoms with E-state index in [9.17, 15) is 0 Å². The predicted octanol–water partition coefficient (Wildman–Crippen LogP) is 3.77. The van der Waals surface area contributed by atoms with E-state index in [-0.39, 0.29) is 18.5 Å². The third kappa shape index (κ3) is 3.71. The van der Waals surface area contributed by atoms with Crippen molar-refractivity contribution in [2.75, 3.05) is 6.61 Å². The van der Waals surface area contributed by atoms with Crippen LogP contribution >= 0.6 is 0 Å². The maximum Gasteiger partial charge on any atom is 0.165 e. The van der Waals surface area contributed by atoms with Gasteiger partial charge in [0.1, 0.15) is 12.7 Å². The van der Waals surface area contributed by atoms with Gasteiger partial charge in [0, 0.05) is 0 Å². The number of amidine groups is 1. The lowest BCUT2D eigenvalue weighted by atomic mass is 9.89. The topological polar surface area (TPSA) is 67.8 Å². The molecule has 0 atom stereocenters. The molecule has 23 heavy (non-hydrogen) atoms. The summed E-state index contributed by atoms with van der Waals surface area (Å²) in [5, 5.41) is 11.8. The lowest BCUT2D eigenvalue weighted by molar-refractivity contribution is 0.108. The minimum atomic E-state index is -0.252. The number of aryl methyl sites for hydroxylation is 4. The molecule has 0 radical (unpaired) electrons. The molecule has 3 N–H and O–H groups in total. The number of ether oxygens (including phenoxy) is 1. The van der Waals surface area contributed by atoms with Crippen LogP contribution in [0.2, 0.25) is 0 Å². The van der Waals surface area contributed by atoms with Crippen LogP contribution in [0.1, 0.15) is 39.5 Å². The van der Waals surface area contributed by atoms with Crippen LogP contribution in [-0.4, -0.2) is 17.6 Å². The van der Waals surface area contributed by atoms with E-state index in [0.29, 0.717) is 0 Å². The van der Waals surface area contributed by atoms with Crippen molar-refractivity contribution in [2.45, 2.75) is 33.8 Å². The Hall–Kier alpha value is -2.33. The van der Waals surface area contributed by atoms with Crippen molar-refractivity contribution < 1.29 is 9.94 Å². The molecular weight excluding hydrogens is 288 g/mol. The van der Waals surface area contributed by atoms with Crippen molar-refractivity contribution in [1.29, 1.82) is 0 Å². The lowest BCUT2D eigenvalue weighted by Gasteiger charge is -2.25. The molecule has 4 heteroatoms. The summed E-state index contributed by atoms with van der Waals surface area (Å²) in [5.74, 6) is 0.0625. The van der Waals surface area contributed by atoms with Gasteiger partial charge in [-0.25, -0.2) is 0 Å². The Kier molecular flexibility index (Phi) is 5.40. The zero-order chi connectivity index (χ0) is 17.0. The number of oxime groups is 1. The number of nitrogens with two attached hydrogens (primary N) is 1. The van der Waals surface area contributed by atoms with Gasteiger partial charge in [0.2, 0.25) is 0 Å². The monoisotopic (exact) mass is 312 g/mol. The molecule has 0 aliphatic heterocycles. The molecule has 0 unspecified atom stereocenters. The zero-order valence-corrected chi connectivity index (χ0v) is 14.1. The Labute approximate surface area is 137 Å². The van der Waals surface area contributed by atoms with Gasteiger partial charge < -0.3 is 15.7 Å². The largest absolute Gasteiger partial charge is 0.409 e. The molecular formula is C19H24N2O2. The molecule has 122 valence electrons. The molecule has 0 saturated carbocycles. The average Bonchev–Trinajstić information content (AvgIpc) is 2.51. The second-order valence-electron chi connectivity index (χ2n) is 5.89. The predicted molar refractivity (Wildman–Crippen MR) is 93.0 cm³/mol. The van der Waals surface area contributed by atoms with E-state index in [0.717, 1.165) is 33.4 Å². The first-order chi connectivity index (χ1) is 11.0. The Morgan fingerprint density at radius 2 is 1.35 bits per heavy atom. The van der Waals surface area contributed by atoms with Crippen LogP contribution in [0.4, 0.5) is 0 Å². The quantitative estimate of drug-likeness (QED) is 0.382. The molecule has 0 aliphatic carbocycles. The summed E-state index contributed by atoms with van der Waals surface area (Å²) in [6.45, 7) is 8.39. The van der Waals surface area contributed by atoms with Crippen molar-refractivity contribution in [1.82, 2.24) is 0 Å². The second kappa shape index (κ2) is 7.29. The van der Waals surface area contributed by atoms with Crippen LogP contribution in [-0.2, 0) is 4.74 Å². The highest BCUT2D eigenvalue weighted by Crippen LogP contribution is 2.34. The number of benzene rings is 2. The summed E-state index contributed by atoms with van der Waals surface area (Å²) in [6.07, 6.45) is -0.252. The summed E-state index contributed by atoms with van der Waals surface area (Å²) < 4.78 is 6.07. The normalized spacial score (nSPS) is 12.0. The van der Waals surface area contributed by atoms with Gasteiger partial charge in [0.25, 0.3) is 0 Å². The number of nitrogens with zero attached hydrogens (tertiary/aromatic N) is 1. The molecule has 2 aromatic carbocycles. The first-order valence-corrected chi connectivity index (χ1v) is 7.66. The molecule has 0 aromatic heterocycles. The van der Waals surface area contributed by atoms with Crippen molar-refractivity contribution in [2.24, 2.45) is 10.9 Å². The number of hydrogen-bond acceptors (Lipinski definition) is 3. The second-order valence-corrected chi connectivity index (χ2v) is 5.89. The first kappa shape index (κ1) is 17.0. The number of hydrogen-bond donors (Lipinski definition) is 2. The van der Waals surface area contributed by atoms with E-state index in [1.54, 1.807) is 0 Å². The summed E-state index contributed by atoms with van der Waals surface area (Å²) in [7, 11) is 0. The van der Waals surface area contributed by atoms with Gasteiger partial charge in [-0.1, -0.05) is 41.6 Å². The highest BCUT2D eigenvalue weighted by molar-refractivity contribution is 5.80. The summed E-state index contributed by atoms with van der Waals surface area (Å²) in [6, 6.07) is 12.4. The van der Waals surface area contributed by atoms with Gasteiger partial charge in [-0.05, 0) is 61.1 Å². The van der Waals surface area contributed by atoms with Crippen LogP contribution in [0.25, 0.3) is 0 Å². The summed E-state index contributed by atoms with van der Waals surface area (Å²) in [5.41, 5.74) is 12.5. The Balaban J connectivity index is 2.56. The van der Waals surface area contributed by atoms with Crippen molar-refractivity contribution in [3.63, 3.8) is 0 Å². The smallest absolute Gasteiger partial charge is 0.165 e. The van der Waals surface area contributed by atoms with E-state index >= 15 is 0 Å². The first-order valence-electron chi connectivity index (χ1n) is 7.66. The molecule has 0 fully saturated rings. The Morgan fingerprint density at radius 3 is 1.70 bits per heavy atom. The third-order valence-corrected chi connectivity index (χ3v) is 4.13. The van der Waals surface area contributed by atoms with Crippen LogP contribution in [0.5, 0.6) is 0 Å². The zero-order valence-electron chi connectivity index (χ0n) is 14.1. The van der Waals surface area contributed by atoms with Gasteiger partial charge in [0.05, 0.1) is 0 Å². The Morgan fingerprint density at radius 1 is 0.957 bits per heavy atom. The molecule has 0 aliphatic rings. The Bertz CT molecular complexity index is 631. The molecule has 2 rings (SSSR count). The lowest BCUT2D eigenvalue weighted by Crippen LogP contribution is -2.22. The van der Waals surface area contributed by atoms with Crippen molar-refractivity contribution >= 4 is 5.84 Å². The van der Waals surface area contributed by atoms with Gasteiger partial charge in [0.15, 0.2) is 5.84 Å². The standard InChI is InChI=1S/C19H24N2O2/c1-12-7-5-8-13(2)17(12)19(23-11-16(20)21-22)18-14(3)9-6-10-15(18)4/h5-10,19,22H,11H2,1-4H3,(H2,20,21). The highest BCUT2D eigenvalue weighted by atomic mass is 16.5. The fraction of sp³-hybridized carbons (Fsp3) is 0.316. The van der Waals surface area contributed by atoms with Gasteiger partial charge >= 0.3 is 0 Å². The number of rotatable bonds is 5. The molecule has 0 spiro atoms. The maximum absolute atomic E-state index is 8.79. The van der Waals surface area contributed by atoms with E-state index < -0.39 is 0 Å². The molecule has 0 amide bonds. The molecule has 4 nitrogen and oxygen atoms in total. The molecule has 2 aromatic rings. The summed E-state index contributed by atoms with van der Waals surface area (Å²) in [4.78, 5) is 0. The van der Waals surface area contributed by atoms with E-state index in [4.69, 9.17) is 15.7 Å². The van der Waals surface area contributed by atoms with Crippen LogP contribution < -0.4 is 5.73 Å².